The first-order valence-electron chi connectivity index (χ1n) is 3.51. The molecule has 0 radical (unpaired) electrons. The predicted molar refractivity (Wildman–Crippen MR) is 61.4 cm³/mol. The third kappa shape index (κ3) is 3.06. The van der Waals surface area contributed by atoms with Crippen LogP contribution in [0.3, 0.4) is 0 Å². The zero-order chi connectivity index (χ0) is 9.68. The molecule has 0 aliphatic carbocycles. The van der Waals surface area contributed by atoms with Gasteiger partial charge in [-0.3, -0.25) is 0 Å². The van der Waals surface area contributed by atoms with Crippen molar-refractivity contribution in [2.75, 3.05) is 5.32 Å². The number of nitrogens with zero attached hydrogens (tertiary/aromatic N) is 2. The Hall–Kier alpha value is -1.04. The van der Waals surface area contributed by atoms with E-state index in [1.54, 1.807) is 6.19 Å². The zero-order valence-electron chi connectivity index (χ0n) is 6.73. The third-order valence-corrected chi connectivity index (χ3v) is 2.08. The Morgan fingerprint density at radius 1 is 1.54 bits per heavy atom. The Bertz CT molecular complexity index is 370. The Balaban J connectivity index is 2.82. The van der Waals surface area contributed by atoms with E-state index in [-0.39, 0.29) is 5.17 Å². The molecule has 0 fully saturated rings. The smallest absolute Gasteiger partial charge is 0.208 e. The first-order chi connectivity index (χ1) is 6.24. The van der Waals surface area contributed by atoms with E-state index < -0.39 is 0 Å². The lowest BCUT2D eigenvalue weighted by Crippen LogP contribution is -2.09. The normalized spacial score (nSPS) is 10.7. The number of para-hydroxylation sites is 1. The van der Waals surface area contributed by atoms with Gasteiger partial charge in [0.25, 0.3) is 0 Å². The number of anilines is 1. The van der Waals surface area contributed by atoms with Gasteiger partial charge in [0.15, 0.2) is 5.17 Å². The number of nitriles is 1. The van der Waals surface area contributed by atoms with E-state index >= 15 is 0 Å². The minimum atomic E-state index is 0.289. The second-order valence-corrected chi connectivity index (χ2v) is 3.29. The highest BCUT2D eigenvalue weighted by atomic mass is 32.1. The summed E-state index contributed by atoms with van der Waals surface area (Å²) in [5, 5.41) is 12.4. The number of aliphatic imine (C=N–C) groups is 1. The monoisotopic (exact) mass is 209 g/mol. The van der Waals surface area contributed by atoms with Crippen LogP contribution in [0.2, 0.25) is 0 Å². The molecule has 1 rings (SSSR count). The van der Waals surface area contributed by atoms with Crippen LogP contribution in [0.15, 0.2) is 29.3 Å². The van der Waals surface area contributed by atoms with Crippen molar-refractivity contribution >= 4 is 38.0 Å². The van der Waals surface area contributed by atoms with Gasteiger partial charge < -0.3 is 5.32 Å². The molecule has 0 saturated heterocycles. The maximum atomic E-state index is 8.25. The van der Waals surface area contributed by atoms with Gasteiger partial charge in [0.2, 0.25) is 6.19 Å². The molecule has 1 atom stereocenters. The van der Waals surface area contributed by atoms with Gasteiger partial charge in [-0.05, 0) is 11.4 Å². The molecule has 0 aliphatic heterocycles. The lowest BCUT2D eigenvalue weighted by atomic mass is 10.3. The largest absolute Gasteiger partial charge is 0.334 e. The Kier molecular flexibility index (Phi) is 3.75. The van der Waals surface area contributed by atoms with Gasteiger partial charge in [0.1, 0.15) is 0 Å². The lowest BCUT2D eigenvalue weighted by molar-refractivity contribution is 1.44. The summed E-state index contributed by atoms with van der Waals surface area (Å²) in [4.78, 5) is 3.43. The molecule has 0 spiro atoms. The average Bonchev–Trinajstić information content (AvgIpc) is 2.09. The summed E-state index contributed by atoms with van der Waals surface area (Å²) >= 11 is 3.98. The van der Waals surface area contributed by atoms with Crippen LogP contribution < -0.4 is 10.6 Å². The first kappa shape index (κ1) is 10.0. The molecule has 0 aliphatic rings. The van der Waals surface area contributed by atoms with Crippen molar-refractivity contribution < 1.29 is 0 Å². The Morgan fingerprint density at radius 2 is 2.23 bits per heavy atom. The van der Waals surface area contributed by atoms with E-state index in [1.807, 2.05) is 24.3 Å². The molecule has 3 nitrogen and oxygen atoms in total. The first-order valence-corrected chi connectivity index (χ1v) is 4.54. The van der Waals surface area contributed by atoms with Gasteiger partial charge in [-0.2, -0.15) is 5.26 Å². The highest BCUT2D eigenvalue weighted by Crippen LogP contribution is 2.07. The summed E-state index contributed by atoms with van der Waals surface area (Å²) in [6, 6.07) is 7.63. The van der Waals surface area contributed by atoms with Crippen molar-refractivity contribution in [2.45, 2.75) is 0 Å². The molecule has 0 heterocycles. The lowest BCUT2D eigenvalue weighted by Gasteiger charge is -2.05. The van der Waals surface area contributed by atoms with Crippen LogP contribution in [-0.4, -0.2) is 5.17 Å². The number of amidine groups is 1. The fourth-order valence-electron chi connectivity index (χ4n) is 0.807. The van der Waals surface area contributed by atoms with Gasteiger partial charge in [-0.1, -0.05) is 18.2 Å². The molecular weight excluding hydrogens is 201 g/mol. The van der Waals surface area contributed by atoms with Crippen molar-refractivity contribution in [3.8, 4) is 6.19 Å². The molecular formula is C8H8N3PS. The topological polar surface area (TPSA) is 48.2 Å². The number of benzene rings is 1. The molecule has 5 heteroatoms. The molecule has 66 valence electrons. The number of thiol groups is 1. The summed E-state index contributed by atoms with van der Waals surface area (Å²) in [6.07, 6.45) is 1.65. The van der Waals surface area contributed by atoms with Gasteiger partial charge in [0.05, 0.1) is 0 Å². The third-order valence-electron chi connectivity index (χ3n) is 1.36. The zero-order valence-corrected chi connectivity index (χ0v) is 8.78. The summed E-state index contributed by atoms with van der Waals surface area (Å²) in [5.41, 5.74) is 0.872. The van der Waals surface area contributed by atoms with Crippen molar-refractivity contribution in [1.82, 2.24) is 0 Å². The second-order valence-electron chi connectivity index (χ2n) is 2.25. The van der Waals surface area contributed by atoms with E-state index in [0.29, 0.717) is 0 Å². The summed E-state index contributed by atoms with van der Waals surface area (Å²) in [5.74, 6) is 0. The molecule has 0 saturated carbocycles. The maximum Gasteiger partial charge on any atom is 0.208 e. The molecule has 13 heavy (non-hydrogen) atoms. The van der Waals surface area contributed by atoms with Gasteiger partial charge in [-0.15, -0.1) is 26.9 Å². The second kappa shape index (κ2) is 4.86. The number of nitrogens with one attached hydrogen (secondary N) is 1. The number of rotatable bonds is 1. The molecule has 0 aromatic heterocycles. The van der Waals surface area contributed by atoms with Gasteiger partial charge in [0, 0.05) is 5.69 Å². The van der Waals surface area contributed by atoms with Crippen LogP contribution in [0.25, 0.3) is 0 Å². The van der Waals surface area contributed by atoms with Crippen LogP contribution in [-0.2, 0) is 0 Å². The highest BCUT2D eigenvalue weighted by Gasteiger charge is 1.97. The van der Waals surface area contributed by atoms with Crippen LogP contribution in [0.4, 0.5) is 5.69 Å². The van der Waals surface area contributed by atoms with Gasteiger partial charge >= 0.3 is 0 Å². The minimum absolute atomic E-state index is 0.289. The van der Waals surface area contributed by atoms with Crippen LogP contribution in [0.5, 0.6) is 0 Å². The maximum absolute atomic E-state index is 8.25. The molecule has 0 bridgehead atoms. The predicted octanol–water partition coefficient (Wildman–Crippen LogP) is 1.37. The summed E-state index contributed by atoms with van der Waals surface area (Å²) in [6.45, 7) is 0. The van der Waals surface area contributed by atoms with Crippen LogP contribution in [0.1, 0.15) is 0 Å². The molecule has 1 unspecified atom stereocenters. The van der Waals surface area contributed by atoms with E-state index in [9.17, 15) is 0 Å². The SMILES string of the molecule is N#CN=C(S)Nc1ccccc1P. The van der Waals surface area contributed by atoms with E-state index in [2.05, 4.69) is 32.2 Å². The van der Waals surface area contributed by atoms with E-state index in [1.165, 1.54) is 0 Å². The fraction of sp³-hybridized carbons (Fsp3) is 0. The summed E-state index contributed by atoms with van der Waals surface area (Å²) in [7, 11) is 2.58. The van der Waals surface area contributed by atoms with Crippen molar-refractivity contribution in [1.29, 1.82) is 5.26 Å². The standard InChI is InChI=1S/C8H8N3PS/c9-5-10-8(13)11-6-3-1-2-4-7(6)12/h1-4H,12H2,(H2,10,11,13). The Morgan fingerprint density at radius 3 is 2.85 bits per heavy atom. The average molecular weight is 209 g/mol. The van der Waals surface area contributed by atoms with Crippen molar-refractivity contribution in [3.63, 3.8) is 0 Å². The number of hydrogen-bond donors (Lipinski definition) is 2. The fourth-order valence-corrected chi connectivity index (χ4v) is 1.25. The summed E-state index contributed by atoms with van der Waals surface area (Å²) < 4.78 is 0. The minimum Gasteiger partial charge on any atom is -0.334 e. The quantitative estimate of drug-likeness (QED) is 0.241. The Labute approximate surface area is 84.5 Å². The van der Waals surface area contributed by atoms with Crippen molar-refractivity contribution in [2.24, 2.45) is 4.99 Å². The van der Waals surface area contributed by atoms with Crippen LogP contribution >= 0.6 is 21.9 Å². The van der Waals surface area contributed by atoms with Gasteiger partial charge in [-0.25, -0.2) is 0 Å². The molecule has 0 amide bonds. The van der Waals surface area contributed by atoms with E-state index in [0.717, 1.165) is 11.0 Å². The molecule has 1 N–H and O–H groups in total. The number of hydrogen-bond acceptors (Lipinski definition) is 2. The highest BCUT2D eigenvalue weighted by molar-refractivity contribution is 7.97. The van der Waals surface area contributed by atoms with Crippen molar-refractivity contribution in [3.05, 3.63) is 24.3 Å². The van der Waals surface area contributed by atoms with E-state index in [4.69, 9.17) is 5.26 Å². The van der Waals surface area contributed by atoms with Crippen LogP contribution in [0, 0.1) is 11.5 Å². The molecule has 1 aromatic rings. The molecule has 1 aromatic carbocycles.